The molecule has 0 N–H and O–H groups in total. The van der Waals surface area contributed by atoms with Crippen LogP contribution >= 0.6 is 40.1 Å². The molecule has 2 aromatic rings. The number of benzene rings is 1. The summed E-state index contributed by atoms with van der Waals surface area (Å²) in [4.78, 5) is 4.65. The summed E-state index contributed by atoms with van der Waals surface area (Å²) in [5.74, 6) is 0.699. The van der Waals surface area contributed by atoms with Gasteiger partial charge in [0.05, 0.1) is 0 Å². The van der Waals surface area contributed by atoms with Crippen molar-refractivity contribution in [1.82, 2.24) is 4.98 Å². The molecule has 1 nitrogen and oxygen atoms in total. The van der Waals surface area contributed by atoms with Crippen LogP contribution in [-0.2, 0) is 6.42 Å². The number of aromatic nitrogens is 1. The van der Waals surface area contributed by atoms with Crippen LogP contribution in [0.15, 0.2) is 52.1 Å². The molecular weight excluding hydrogens is 337 g/mol. The molecule has 1 aromatic heterocycles. The second kappa shape index (κ2) is 7.77. The van der Waals surface area contributed by atoms with Crippen molar-refractivity contribution in [2.24, 2.45) is 0 Å². The van der Waals surface area contributed by atoms with Crippen molar-refractivity contribution in [3.05, 3.63) is 58.6 Å². The second-order valence-corrected chi connectivity index (χ2v) is 5.58. The monoisotopic (exact) mass is 347 g/mol. The lowest BCUT2D eigenvalue weighted by molar-refractivity contribution is 0.601. The third-order valence-corrected chi connectivity index (χ3v) is 3.82. The smallest absolute Gasteiger partial charge is 0.136 e. The van der Waals surface area contributed by atoms with E-state index in [9.17, 15) is 4.39 Å². The molecule has 0 saturated heterocycles. The minimum absolute atomic E-state index is 0. The number of rotatable bonds is 4. The lowest BCUT2D eigenvalue weighted by atomic mass is 10.2. The summed E-state index contributed by atoms with van der Waals surface area (Å²) in [6, 6.07) is 8.98. The van der Waals surface area contributed by atoms with Gasteiger partial charge in [0.25, 0.3) is 0 Å². The minimum Gasteiger partial charge on any atom is -0.265 e. The fourth-order valence-corrected chi connectivity index (χ4v) is 2.90. The van der Waals surface area contributed by atoms with Gasteiger partial charge >= 0.3 is 0 Å². The maximum absolute atomic E-state index is 13.4. The maximum atomic E-state index is 13.4. The standard InChI is InChI=1S/C13H11BrFNS.ClH/c14-11-1-2-12(15)13(9-11)17-8-5-10-3-6-16-7-4-10;/h1-4,6-7,9H,5,8H2;1H. The van der Waals surface area contributed by atoms with Gasteiger partial charge in [0, 0.05) is 27.5 Å². The second-order valence-electron chi connectivity index (χ2n) is 3.53. The van der Waals surface area contributed by atoms with E-state index >= 15 is 0 Å². The Morgan fingerprint density at radius 2 is 1.89 bits per heavy atom. The fourth-order valence-electron chi connectivity index (χ4n) is 1.42. The maximum Gasteiger partial charge on any atom is 0.136 e. The van der Waals surface area contributed by atoms with E-state index in [2.05, 4.69) is 20.9 Å². The topological polar surface area (TPSA) is 12.9 Å². The van der Waals surface area contributed by atoms with Crippen molar-refractivity contribution in [3.8, 4) is 0 Å². The number of hydrogen-bond acceptors (Lipinski definition) is 2. The number of aryl methyl sites for hydroxylation is 1. The SMILES string of the molecule is Cl.Fc1ccc(Br)cc1SCCc1ccncc1. The number of hydrogen-bond donors (Lipinski definition) is 0. The Morgan fingerprint density at radius 1 is 1.17 bits per heavy atom. The van der Waals surface area contributed by atoms with Gasteiger partial charge in [-0.2, -0.15) is 0 Å². The average Bonchev–Trinajstić information content (AvgIpc) is 2.35. The Labute approximate surface area is 125 Å². The van der Waals surface area contributed by atoms with Crippen LogP contribution in [0.4, 0.5) is 4.39 Å². The van der Waals surface area contributed by atoms with Gasteiger partial charge in [-0.25, -0.2) is 4.39 Å². The Bertz CT molecular complexity index is 496. The van der Waals surface area contributed by atoms with E-state index in [0.717, 1.165) is 16.6 Å². The summed E-state index contributed by atoms with van der Waals surface area (Å²) < 4.78 is 14.4. The molecule has 18 heavy (non-hydrogen) atoms. The number of nitrogens with zero attached hydrogens (tertiary/aromatic N) is 1. The largest absolute Gasteiger partial charge is 0.265 e. The summed E-state index contributed by atoms with van der Waals surface area (Å²) in [6.07, 6.45) is 4.47. The first-order chi connectivity index (χ1) is 8.25. The average molecular weight is 349 g/mol. The molecule has 0 aliphatic heterocycles. The lowest BCUT2D eigenvalue weighted by Crippen LogP contribution is -1.90. The molecular formula is C13H12BrClFNS. The molecule has 0 amide bonds. The minimum atomic E-state index is -0.159. The van der Waals surface area contributed by atoms with Gasteiger partial charge in [0.2, 0.25) is 0 Å². The third-order valence-electron chi connectivity index (χ3n) is 2.29. The van der Waals surface area contributed by atoms with Crippen LogP contribution in [0.3, 0.4) is 0 Å². The molecule has 0 aliphatic carbocycles. The molecule has 1 aromatic carbocycles. The number of thioether (sulfide) groups is 1. The zero-order chi connectivity index (χ0) is 12.1. The van der Waals surface area contributed by atoms with Gasteiger partial charge < -0.3 is 0 Å². The molecule has 0 bridgehead atoms. The Balaban J connectivity index is 0.00000162. The Hall–Kier alpha value is -0.580. The van der Waals surface area contributed by atoms with Crippen molar-refractivity contribution in [2.45, 2.75) is 11.3 Å². The van der Waals surface area contributed by atoms with E-state index in [4.69, 9.17) is 0 Å². The number of halogens is 3. The predicted octanol–water partition coefficient (Wildman–Crippen LogP) is 4.74. The molecule has 0 radical (unpaired) electrons. The van der Waals surface area contributed by atoms with Crippen molar-refractivity contribution in [2.75, 3.05) is 5.75 Å². The van der Waals surface area contributed by atoms with E-state index in [1.165, 1.54) is 23.4 Å². The van der Waals surface area contributed by atoms with Crippen LogP contribution in [0.5, 0.6) is 0 Å². The van der Waals surface area contributed by atoms with Gasteiger partial charge in [0.15, 0.2) is 0 Å². The highest BCUT2D eigenvalue weighted by molar-refractivity contribution is 9.10. The summed E-state index contributed by atoms with van der Waals surface area (Å²) in [5.41, 5.74) is 1.22. The highest BCUT2D eigenvalue weighted by Gasteiger charge is 2.03. The zero-order valence-corrected chi connectivity index (χ0v) is 12.7. The highest BCUT2D eigenvalue weighted by atomic mass is 79.9. The predicted molar refractivity (Wildman–Crippen MR) is 80.0 cm³/mol. The number of pyridine rings is 1. The molecule has 0 fully saturated rings. The molecule has 0 saturated carbocycles. The van der Waals surface area contributed by atoms with Crippen LogP contribution in [-0.4, -0.2) is 10.7 Å². The van der Waals surface area contributed by atoms with Gasteiger partial charge in [0.1, 0.15) is 5.82 Å². The first-order valence-corrected chi connectivity index (χ1v) is 7.00. The van der Waals surface area contributed by atoms with E-state index in [-0.39, 0.29) is 18.2 Å². The zero-order valence-electron chi connectivity index (χ0n) is 9.48. The van der Waals surface area contributed by atoms with Crippen LogP contribution in [0.1, 0.15) is 5.56 Å². The van der Waals surface area contributed by atoms with Crippen LogP contribution in [0.25, 0.3) is 0 Å². The summed E-state index contributed by atoms with van der Waals surface area (Å²) in [7, 11) is 0. The molecule has 0 unspecified atom stereocenters. The van der Waals surface area contributed by atoms with E-state index in [1.807, 2.05) is 18.2 Å². The fraction of sp³-hybridized carbons (Fsp3) is 0.154. The molecule has 0 spiro atoms. The third kappa shape index (κ3) is 4.59. The molecule has 1 heterocycles. The molecule has 5 heteroatoms. The molecule has 0 aliphatic rings. The summed E-state index contributed by atoms with van der Waals surface area (Å²) in [6.45, 7) is 0. The molecule has 0 atom stereocenters. The van der Waals surface area contributed by atoms with Gasteiger partial charge in [-0.3, -0.25) is 4.98 Å². The first kappa shape index (κ1) is 15.5. The normalized spacial score (nSPS) is 9.89. The Morgan fingerprint density at radius 3 is 2.61 bits per heavy atom. The van der Waals surface area contributed by atoms with Crippen molar-refractivity contribution in [1.29, 1.82) is 0 Å². The van der Waals surface area contributed by atoms with E-state index in [0.29, 0.717) is 4.90 Å². The summed E-state index contributed by atoms with van der Waals surface area (Å²) in [5, 5.41) is 0. The van der Waals surface area contributed by atoms with Crippen molar-refractivity contribution < 1.29 is 4.39 Å². The molecule has 96 valence electrons. The first-order valence-electron chi connectivity index (χ1n) is 5.22. The quantitative estimate of drug-likeness (QED) is 0.740. The Kier molecular flexibility index (Phi) is 6.68. The van der Waals surface area contributed by atoms with Crippen molar-refractivity contribution >= 4 is 40.1 Å². The van der Waals surface area contributed by atoms with Crippen LogP contribution in [0, 0.1) is 5.82 Å². The van der Waals surface area contributed by atoms with E-state index in [1.54, 1.807) is 18.5 Å². The van der Waals surface area contributed by atoms with Gasteiger partial charge in [-0.15, -0.1) is 24.2 Å². The van der Waals surface area contributed by atoms with Crippen molar-refractivity contribution in [3.63, 3.8) is 0 Å². The van der Waals surface area contributed by atoms with Crippen LogP contribution < -0.4 is 0 Å². The van der Waals surface area contributed by atoms with Gasteiger partial charge in [-0.1, -0.05) is 15.9 Å². The van der Waals surface area contributed by atoms with Gasteiger partial charge in [-0.05, 0) is 42.3 Å². The summed E-state index contributed by atoms with van der Waals surface area (Å²) >= 11 is 4.88. The lowest BCUT2D eigenvalue weighted by Gasteiger charge is -2.04. The van der Waals surface area contributed by atoms with Crippen LogP contribution in [0.2, 0.25) is 0 Å². The van der Waals surface area contributed by atoms with E-state index < -0.39 is 0 Å². The molecule has 2 rings (SSSR count). The highest BCUT2D eigenvalue weighted by Crippen LogP contribution is 2.25.